The Kier molecular flexibility index (Phi) is 3.79. The number of nitrogens with zero attached hydrogens (tertiary/aromatic N) is 1. The van der Waals surface area contributed by atoms with Gasteiger partial charge in [-0.3, -0.25) is 4.90 Å². The number of rotatable bonds is 2. The Hall–Kier alpha value is -0.820. The Morgan fingerprint density at radius 3 is 2.13 bits per heavy atom. The number of aryl methyl sites for hydroxylation is 1. The van der Waals surface area contributed by atoms with Crippen molar-refractivity contribution in [2.45, 2.75) is 39.2 Å². The first-order chi connectivity index (χ1) is 7.34. The molecule has 0 N–H and O–H groups in total. The molecule has 15 heavy (non-hydrogen) atoms. The van der Waals surface area contributed by atoms with Gasteiger partial charge in [-0.15, -0.1) is 0 Å². The Morgan fingerprint density at radius 1 is 0.933 bits per heavy atom. The summed E-state index contributed by atoms with van der Waals surface area (Å²) in [4.78, 5) is 2.59. The van der Waals surface area contributed by atoms with E-state index < -0.39 is 0 Å². The van der Waals surface area contributed by atoms with Gasteiger partial charge in [0, 0.05) is 6.54 Å². The standard InChI is InChI=1S/C14H21N/c1-13-6-8-14(9-7-13)12-15-10-4-2-3-5-11-15/h6-9H,2-5,10-12H2,1H3. The van der Waals surface area contributed by atoms with Gasteiger partial charge in [-0.2, -0.15) is 0 Å². The largest absolute Gasteiger partial charge is 0.299 e. The van der Waals surface area contributed by atoms with Crippen LogP contribution in [0.25, 0.3) is 0 Å². The molecule has 0 bridgehead atoms. The van der Waals surface area contributed by atoms with E-state index in [9.17, 15) is 0 Å². The molecule has 1 heterocycles. The van der Waals surface area contributed by atoms with Crippen LogP contribution in [0.5, 0.6) is 0 Å². The van der Waals surface area contributed by atoms with Crippen LogP contribution in [0.4, 0.5) is 0 Å². The minimum atomic E-state index is 1.14. The van der Waals surface area contributed by atoms with Crippen molar-refractivity contribution < 1.29 is 0 Å². The van der Waals surface area contributed by atoms with Crippen LogP contribution in [-0.2, 0) is 6.54 Å². The number of likely N-dealkylation sites (tertiary alicyclic amines) is 1. The minimum absolute atomic E-state index is 1.14. The maximum atomic E-state index is 2.59. The first-order valence-electron chi connectivity index (χ1n) is 6.12. The molecule has 1 aliphatic heterocycles. The third-order valence-electron chi connectivity index (χ3n) is 3.23. The molecule has 1 aliphatic rings. The first kappa shape index (κ1) is 10.7. The molecule has 0 atom stereocenters. The van der Waals surface area contributed by atoms with Crippen LogP contribution >= 0.6 is 0 Å². The van der Waals surface area contributed by atoms with Crippen molar-refractivity contribution in [3.8, 4) is 0 Å². The van der Waals surface area contributed by atoms with Crippen LogP contribution in [-0.4, -0.2) is 18.0 Å². The van der Waals surface area contributed by atoms with E-state index in [2.05, 4.69) is 36.1 Å². The molecular formula is C14H21N. The number of hydrogen-bond donors (Lipinski definition) is 0. The van der Waals surface area contributed by atoms with E-state index in [0.717, 1.165) is 6.54 Å². The average molecular weight is 203 g/mol. The Bertz CT molecular complexity index is 281. The van der Waals surface area contributed by atoms with E-state index in [1.54, 1.807) is 0 Å². The van der Waals surface area contributed by atoms with Crippen molar-refractivity contribution in [3.05, 3.63) is 35.4 Å². The van der Waals surface area contributed by atoms with Crippen molar-refractivity contribution in [2.75, 3.05) is 13.1 Å². The SMILES string of the molecule is Cc1ccc(CN2CCCCCC2)cc1. The summed E-state index contributed by atoms with van der Waals surface area (Å²) in [5.41, 5.74) is 2.82. The molecule has 1 fully saturated rings. The van der Waals surface area contributed by atoms with Crippen LogP contribution in [0.15, 0.2) is 24.3 Å². The summed E-state index contributed by atoms with van der Waals surface area (Å²) in [5.74, 6) is 0. The molecule has 1 nitrogen and oxygen atoms in total. The molecule has 1 aromatic carbocycles. The van der Waals surface area contributed by atoms with Gasteiger partial charge >= 0.3 is 0 Å². The monoisotopic (exact) mass is 203 g/mol. The third kappa shape index (κ3) is 3.35. The van der Waals surface area contributed by atoms with Crippen LogP contribution in [0.3, 0.4) is 0 Å². The van der Waals surface area contributed by atoms with Crippen molar-refractivity contribution in [1.82, 2.24) is 4.90 Å². The summed E-state index contributed by atoms with van der Waals surface area (Å²) in [5, 5.41) is 0. The number of hydrogen-bond acceptors (Lipinski definition) is 1. The summed E-state index contributed by atoms with van der Waals surface area (Å²) in [6, 6.07) is 8.96. The summed E-state index contributed by atoms with van der Waals surface area (Å²) < 4.78 is 0. The molecule has 1 heteroatoms. The molecule has 0 amide bonds. The van der Waals surface area contributed by atoms with Crippen molar-refractivity contribution in [1.29, 1.82) is 0 Å². The second-order valence-corrected chi connectivity index (χ2v) is 4.68. The Morgan fingerprint density at radius 2 is 1.53 bits per heavy atom. The van der Waals surface area contributed by atoms with Crippen LogP contribution in [0.1, 0.15) is 36.8 Å². The first-order valence-corrected chi connectivity index (χ1v) is 6.12. The lowest BCUT2D eigenvalue weighted by molar-refractivity contribution is 0.277. The van der Waals surface area contributed by atoms with Crippen LogP contribution < -0.4 is 0 Å². The predicted molar refractivity (Wildman–Crippen MR) is 64.9 cm³/mol. The molecule has 1 aromatic rings. The molecule has 2 rings (SSSR count). The second-order valence-electron chi connectivity index (χ2n) is 4.68. The van der Waals surface area contributed by atoms with Gasteiger partial charge < -0.3 is 0 Å². The fraction of sp³-hybridized carbons (Fsp3) is 0.571. The van der Waals surface area contributed by atoms with Crippen molar-refractivity contribution in [2.24, 2.45) is 0 Å². The van der Waals surface area contributed by atoms with Gasteiger partial charge in [-0.05, 0) is 38.4 Å². The van der Waals surface area contributed by atoms with Gasteiger partial charge in [0.05, 0.1) is 0 Å². The summed E-state index contributed by atoms with van der Waals surface area (Å²) >= 11 is 0. The summed E-state index contributed by atoms with van der Waals surface area (Å²) in [6.45, 7) is 5.86. The highest BCUT2D eigenvalue weighted by molar-refractivity contribution is 5.21. The zero-order chi connectivity index (χ0) is 10.5. The van der Waals surface area contributed by atoms with E-state index >= 15 is 0 Å². The molecular weight excluding hydrogens is 182 g/mol. The Balaban J connectivity index is 1.92. The molecule has 0 radical (unpaired) electrons. The fourth-order valence-electron chi connectivity index (χ4n) is 2.25. The smallest absolute Gasteiger partial charge is 0.0233 e. The van der Waals surface area contributed by atoms with Gasteiger partial charge in [-0.1, -0.05) is 42.7 Å². The quantitative estimate of drug-likeness (QED) is 0.712. The Labute approximate surface area is 93.1 Å². The average Bonchev–Trinajstić information content (AvgIpc) is 2.50. The van der Waals surface area contributed by atoms with Gasteiger partial charge in [-0.25, -0.2) is 0 Å². The van der Waals surface area contributed by atoms with Gasteiger partial charge in [0.25, 0.3) is 0 Å². The highest BCUT2D eigenvalue weighted by Gasteiger charge is 2.08. The van der Waals surface area contributed by atoms with Crippen molar-refractivity contribution in [3.63, 3.8) is 0 Å². The second kappa shape index (κ2) is 5.32. The van der Waals surface area contributed by atoms with E-state index in [4.69, 9.17) is 0 Å². The van der Waals surface area contributed by atoms with Gasteiger partial charge in [0.1, 0.15) is 0 Å². The molecule has 1 saturated heterocycles. The van der Waals surface area contributed by atoms with E-state index in [-0.39, 0.29) is 0 Å². The topological polar surface area (TPSA) is 3.24 Å². The normalized spacial score (nSPS) is 18.7. The third-order valence-corrected chi connectivity index (χ3v) is 3.23. The van der Waals surface area contributed by atoms with Gasteiger partial charge in [0.15, 0.2) is 0 Å². The maximum absolute atomic E-state index is 2.59. The zero-order valence-electron chi connectivity index (χ0n) is 9.71. The molecule has 0 saturated carbocycles. The fourth-order valence-corrected chi connectivity index (χ4v) is 2.25. The van der Waals surface area contributed by atoms with Crippen molar-refractivity contribution >= 4 is 0 Å². The van der Waals surface area contributed by atoms with Crippen LogP contribution in [0.2, 0.25) is 0 Å². The molecule has 82 valence electrons. The van der Waals surface area contributed by atoms with Crippen LogP contribution in [0, 0.1) is 6.92 Å². The summed E-state index contributed by atoms with van der Waals surface area (Å²) in [7, 11) is 0. The van der Waals surface area contributed by atoms with E-state index in [1.807, 2.05) is 0 Å². The molecule has 0 unspecified atom stereocenters. The maximum Gasteiger partial charge on any atom is 0.0233 e. The van der Waals surface area contributed by atoms with E-state index in [0.29, 0.717) is 0 Å². The number of benzene rings is 1. The molecule has 0 spiro atoms. The molecule has 0 aromatic heterocycles. The highest BCUT2D eigenvalue weighted by atomic mass is 15.1. The zero-order valence-corrected chi connectivity index (χ0v) is 9.71. The van der Waals surface area contributed by atoms with E-state index in [1.165, 1.54) is 49.9 Å². The molecule has 0 aliphatic carbocycles. The lowest BCUT2D eigenvalue weighted by Gasteiger charge is -2.19. The minimum Gasteiger partial charge on any atom is -0.299 e. The lowest BCUT2D eigenvalue weighted by Crippen LogP contribution is -2.23. The summed E-state index contributed by atoms with van der Waals surface area (Å²) in [6.07, 6.45) is 5.60. The lowest BCUT2D eigenvalue weighted by atomic mass is 10.1. The highest BCUT2D eigenvalue weighted by Crippen LogP contribution is 2.13. The predicted octanol–water partition coefficient (Wildman–Crippen LogP) is 3.37. The van der Waals surface area contributed by atoms with Gasteiger partial charge in [0.2, 0.25) is 0 Å².